The smallest absolute Gasteiger partial charge is 0.268 e. The van der Waals surface area contributed by atoms with Crippen LogP contribution in [-0.2, 0) is 16.2 Å². The van der Waals surface area contributed by atoms with E-state index in [1.54, 1.807) is 12.1 Å². The molecular formula is C17H23NO5. The number of Topliss-reactive ketones (excluding diaryl/α,β-unsaturated/α-hetero) is 1. The number of carbonyl (C=O) groups excluding carboxylic acids is 2. The minimum Gasteiger partial charge on any atom is -0.490 e. The van der Waals surface area contributed by atoms with E-state index in [4.69, 9.17) is 9.47 Å². The molecule has 0 aromatic heterocycles. The Labute approximate surface area is 136 Å². The molecule has 1 N–H and O–H groups in total. The van der Waals surface area contributed by atoms with Gasteiger partial charge in [-0.05, 0) is 37.5 Å². The van der Waals surface area contributed by atoms with Crippen molar-refractivity contribution in [2.24, 2.45) is 0 Å². The Hall–Kier alpha value is -2.08. The molecule has 1 heterocycles. The lowest BCUT2D eigenvalue weighted by Crippen LogP contribution is -2.47. The normalized spacial score (nSPS) is 16.8. The second-order valence-electron chi connectivity index (χ2n) is 5.59. The lowest BCUT2D eigenvalue weighted by Gasteiger charge is -2.34. The summed E-state index contributed by atoms with van der Waals surface area (Å²) >= 11 is 0. The average Bonchev–Trinajstić information content (AvgIpc) is 2.54. The third-order valence-corrected chi connectivity index (χ3v) is 3.58. The summed E-state index contributed by atoms with van der Waals surface area (Å²) in [6.45, 7) is 5.58. The molecule has 1 amide bonds. The van der Waals surface area contributed by atoms with E-state index in [1.165, 1.54) is 11.8 Å². The predicted octanol–water partition coefficient (Wildman–Crippen LogP) is 2.06. The lowest BCUT2D eigenvalue weighted by atomic mass is 10.1. The second-order valence-corrected chi connectivity index (χ2v) is 5.59. The van der Waals surface area contributed by atoms with Crippen LogP contribution in [0.25, 0.3) is 0 Å². The van der Waals surface area contributed by atoms with E-state index in [0.29, 0.717) is 35.8 Å². The number of rotatable bonds is 7. The first-order valence-corrected chi connectivity index (χ1v) is 7.89. The fourth-order valence-electron chi connectivity index (χ4n) is 2.50. The summed E-state index contributed by atoms with van der Waals surface area (Å²) in [7, 11) is 0. The predicted molar refractivity (Wildman–Crippen MR) is 85.9 cm³/mol. The molecule has 1 aliphatic rings. The van der Waals surface area contributed by atoms with Crippen LogP contribution < -0.4 is 14.4 Å². The van der Waals surface area contributed by atoms with Crippen LogP contribution in [0.5, 0.6) is 11.5 Å². The molecular weight excluding hydrogens is 298 g/mol. The number of carbonyl (C=O) groups is 2. The number of ketones is 1. The van der Waals surface area contributed by atoms with Gasteiger partial charge in [0.1, 0.15) is 5.78 Å². The molecule has 0 fully saturated rings. The van der Waals surface area contributed by atoms with E-state index < -0.39 is 6.10 Å². The van der Waals surface area contributed by atoms with Gasteiger partial charge in [0.2, 0.25) is 0 Å². The molecule has 6 nitrogen and oxygen atoms in total. The Kier molecular flexibility index (Phi) is 5.60. The average molecular weight is 321 g/mol. The van der Waals surface area contributed by atoms with Crippen molar-refractivity contribution in [1.29, 1.82) is 0 Å². The number of ether oxygens (including phenoxy) is 2. The number of aliphatic hydroxyl groups excluding tert-OH is 1. The van der Waals surface area contributed by atoms with Crippen molar-refractivity contribution in [2.45, 2.75) is 46.3 Å². The molecule has 126 valence electrons. The quantitative estimate of drug-likeness (QED) is 0.832. The van der Waals surface area contributed by atoms with Gasteiger partial charge in [0.15, 0.2) is 17.6 Å². The molecule has 1 aromatic carbocycles. The minimum absolute atomic E-state index is 0.0200. The second kappa shape index (κ2) is 7.46. The Balaban J connectivity index is 2.53. The Morgan fingerprint density at radius 1 is 1.39 bits per heavy atom. The largest absolute Gasteiger partial charge is 0.490 e. The number of anilines is 1. The summed E-state index contributed by atoms with van der Waals surface area (Å²) in [5.41, 5.74) is 1.09. The molecule has 2 rings (SSSR count). The number of benzene rings is 1. The molecule has 6 heteroatoms. The van der Waals surface area contributed by atoms with Crippen molar-refractivity contribution in [2.75, 3.05) is 18.1 Å². The van der Waals surface area contributed by atoms with E-state index in [1.807, 2.05) is 13.8 Å². The van der Waals surface area contributed by atoms with Crippen molar-refractivity contribution >= 4 is 17.4 Å². The van der Waals surface area contributed by atoms with Crippen LogP contribution in [0.1, 0.15) is 39.2 Å². The standard InChI is InChI=1S/C17H23NO5/c1-4-6-22-15-8-12(10-19)7-13-16(15)23-14(5-2)17(21)18(13)9-11(3)20/h7-8,14,19H,4-6,9-10H2,1-3H3. The van der Waals surface area contributed by atoms with Crippen molar-refractivity contribution in [3.8, 4) is 11.5 Å². The molecule has 0 saturated carbocycles. The van der Waals surface area contributed by atoms with Crippen molar-refractivity contribution in [3.63, 3.8) is 0 Å². The van der Waals surface area contributed by atoms with Gasteiger partial charge in [-0.25, -0.2) is 0 Å². The highest BCUT2D eigenvalue weighted by molar-refractivity contribution is 6.04. The van der Waals surface area contributed by atoms with E-state index in [2.05, 4.69) is 0 Å². The summed E-state index contributed by atoms with van der Waals surface area (Å²) in [6, 6.07) is 3.38. The monoisotopic (exact) mass is 321 g/mol. The first kappa shape index (κ1) is 17.3. The molecule has 0 saturated heterocycles. The molecule has 1 unspecified atom stereocenters. The maximum Gasteiger partial charge on any atom is 0.268 e. The van der Waals surface area contributed by atoms with Crippen molar-refractivity contribution < 1.29 is 24.2 Å². The van der Waals surface area contributed by atoms with E-state index in [0.717, 1.165) is 6.42 Å². The van der Waals surface area contributed by atoms with Gasteiger partial charge in [0.05, 0.1) is 25.4 Å². The van der Waals surface area contributed by atoms with Crippen LogP contribution in [0.3, 0.4) is 0 Å². The van der Waals surface area contributed by atoms with Gasteiger partial charge in [-0.1, -0.05) is 13.8 Å². The Morgan fingerprint density at radius 2 is 2.13 bits per heavy atom. The van der Waals surface area contributed by atoms with Crippen LogP contribution in [0.4, 0.5) is 5.69 Å². The third kappa shape index (κ3) is 3.64. The van der Waals surface area contributed by atoms with Crippen LogP contribution >= 0.6 is 0 Å². The molecule has 0 radical (unpaired) electrons. The highest BCUT2D eigenvalue weighted by Crippen LogP contribution is 2.43. The molecule has 1 aromatic rings. The number of aliphatic hydroxyl groups is 1. The SMILES string of the molecule is CCCOc1cc(CO)cc2c1OC(CC)C(=O)N2CC(C)=O. The number of hydrogen-bond acceptors (Lipinski definition) is 5. The number of fused-ring (bicyclic) bond motifs is 1. The molecule has 1 atom stereocenters. The first-order valence-electron chi connectivity index (χ1n) is 7.89. The summed E-state index contributed by atoms with van der Waals surface area (Å²) in [5, 5.41) is 9.45. The first-order chi connectivity index (χ1) is 11.0. The fraction of sp³-hybridized carbons (Fsp3) is 0.529. The number of nitrogens with zero attached hydrogens (tertiary/aromatic N) is 1. The molecule has 0 aliphatic carbocycles. The Morgan fingerprint density at radius 3 is 2.70 bits per heavy atom. The van der Waals surface area contributed by atoms with E-state index >= 15 is 0 Å². The molecule has 0 spiro atoms. The topological polar surface area (TPSA) is 76.1 Å². The zero-order chi connectivity index (χ0) is 17.0. The van der Waals surface area contributed by atoms with Crippen molar-refractivity contribution in [1.82, 2.24) is 0 Å². The highest BCUT2D eigenvalue weighted by atomic mass is 16.5. The maximum absolute atomic E-state index is 12.5. The lowest BCUT2D eigenvalue weighted by molar-refractivity contribution is -0.128. The van der Waals surface area contributed by atoms with E-state index in [-0.39, 0.29) is 24.8 Å². The third-order valence-electron chi connectivity index (χ3n) is 3.58. The molecule has 0 bridgehead atoms. The summed E-state index contributed by atoms with van der Waals surface area (Å²) in [5.74, 6) is 0.592. The van der Waals surface area contributed by atoms with Crippen LogP contribution in [0.15, 0.2) is 12.1 Å². The summed E-state index contributed by atoms with van der Waals surface area (Å²) in [6.07, 6.45) is 0.693. The summed E-state index contributed by atoms with van der Waals surface area (Å²) < 4.78 is 11.5. The van der Waals surface area contributed by atoms with Crippen LogP contribution in [0, 0.1) is 0 Å². The van der Waals surface area contributed by atoms with Crippen LogP contribution in [-0.4, -0.2) is 36.1 Å². The van der Waals surface area contributed by atoms with Gasteiger partial charge in [0.25, 0.3) is 5.91 Å². The molecule has 23 heavy (non-hydrogen) atoms. The number of amides is 1. The van der Waals surface area contributed by atoms with Gasteiger partial charge in [-0.3, -0.25) is 14.5 Å². The maximum atomic E-state index is 12.5. The van der Waals surface area contributed by atoms with Gasteiger partial charge >= 0.3 is 0 Å². The van der Waals surface area contributed by atoms with Crippen LogP contribution in [0.2, 0.25) is 0 Å². The van der Waals surface area contributed by atoms with Gasteiger partial charge < -0.3 is 14.6 Å². The van der Waals surface area contributed by atoms with Gasteiger partial charge in [-0.15, -0.1) is 0 Å². The van der Waals surface area contributed by atoms with Crippen molar-refractivity contribution in [3.05, 3.63) is 17.7 Å². The van der Waals surface area contributed by atoms with Gasteiger partial charge in [-0.2, -0.15) is 0 Å². The molecule has 1 aliphatic heterocycles. The fourth-order valence-corrected chi connectivity index (χ4v) is 2.50. The number of hydrogen-bond donors (Lipinski definition) is 1. The zero-order valence-corrected chi connectivity index (χ0v) is 13.8. The summed E-state index contributed by atoms with van der Waals surface area (Å²) in [4.78, 5) is 25.5. The Bertz CT molecular complexity index is 599. The minimum atomic E-state index is -0.634. The van der Waals surface area contributed by atoms with Gasteiger partial charge in [0, 0.05) is 0 Å². The highest BCUT2D eigenvalue weighted by Gasteiger charge is 2.36. The zero-order valence-electron chi connectivity index (χ0n) is 13.8. The van der Waals surface area contributed by atoms with E-state index in [9.17, 15) is 14.7 Å².